The lowest BCUT2D eigenvalue weighted by Gasteiger charge is -2.36. The van der Waals surface area contributed by atoms with Gasteiger partial charge in [0.15, 0.2) is 0 Å². The van der Waals surface area contributed by atoms with Crippen LogP contribution in [0.2, 0.25) is 0 Å². The standard InChI is InChI=1S/C20H27N5O3/c26-18(14-25-17-9-5-4-8-16(17)22-20(25)28)23-10-12-24(13-11-23)19(27)21-15-6-2-1-3-7-15/h4-5,8-9,15H,1-3,6-7,10-14H2,(H,21,27)(H,22,28). The molecule has 0 spiro atoms. The minimum absolute atomic E-state index is 0.0110. The van der Waals surface area contributed by atoms with Crippen molar-refractivity contribution in [3.63, 3.8) is 0 Å². The summed E-state index contributed by atoms with van der Waals surface area (Å²) < 4.78 is 1.47. The molecule has 1 saturated carbocycles. The number of nitrogens with one attached hydrogen (secondary N) is 2. The van der Waals surface area contributed by atoms with Crippen LogP contribution in [0.1, 0.15) is 32.1 Å². The first-order chi connectivity index (χ1) is 13.6. The molecule has 8 nitrogen and oxygen atoms in total. The highest BCUT2D eigenvalue weighted by atomic mass is 16.2. The Bertz CT molecular complexity index is 904. The third kappa shape index (κ3) is 3.90. The van der Waals surface area contributed by atoms with Gasteiger partial charge in [-0.2, -0.15) is 0 Å². The molecule has 1 aromatic heterocycles. The SMILES string of the molecule is O=C(Cn1c(=O)[nH]c2ccccc21)N1CCN(C(=O)NC2CCCCC2)CC1. The maximum absolute atomic E-state index is 12.7. The first-order valence-electron chi connectivity index (χ1n) is 10.1. The van der Waals surface area contributed by atoms with Gasteiger partial charge in [-0.3, -0.25) is 9.36 Å². The largest absolute Gasteiger partial charge is 0.338 e. The Morgan fingerprint density at radius 2 is 1.68 bits per heavy atom. The number of aromatic amines is 1. The van der Waals surface area contributed by atoms with Crippen molar-refractivity contribution in [2.75, 3.05) is 26.2 Å². The molecular formula is C20H27N5O3. The second-order valence-electron chi connectivity index (χ2n) is 7.69. The molecule has 0 unspecified atom stereocenters. The highest BCUT2D eigenvalue weighted by molar-refractivity contribution is 5.81. The molecule has 2 aliphatic rings. The number of piperazine rings is 1. The van der Waals surface area contributed by atoms with E-state index in [-0.39, 0.29) is 30.2 Å². The summed E-state index contributed by atoms with van der Waals surface area (Å²) in [5.74, 6) is -0.0980. The van der Waals surface area contributed by atoms with Crippen LogP contribution in [0.4, 0.5) is 4.79 Å². The van der Waals surface area contributed by atoms with Crippen LogP contribution in [0.25, 0.3) is 11.0 Å². The van der Waals surface area contributed by atoms with Gasteiger partial charge in [-0.15, -0.1) is 0 Å². The van der Waals surface area contributed by atoms with Gasteiger partial charge in [0.05, 0.1) is 11.0 Å². The molecule has 3 amide bonds. The van der Waals surface area contributed by atoms with Crippen LogP contribution in [0.3, 0.4) is 0 Å². The molecule has 1 aliphatic heterocycles. The molecule has 1 aliphatic carbocycles. The van der Waals surface area contributed by atoms with Gasteiger partial charge in [0.2, 0.25) is 5.91 Å². The molecule has 2 heterocycles. The number of amides is 3. The maximum Gasteiger partial charge on any atom is 0.326 e. The van der Waals surface area contributed by atoms with E-state index in [9.17, 15) is 14.4 Å². The van der Waals surface area contributed by atoms with Gasteiger partial charge >= 0.3 is 11.7 Å². The third-order valence-electron chi connectivity index (χ3n) is 5.83. The van der Waals surface area contributed by atoms with Crippen LogP contribution in [-0.2, 0) is 11.3 Å². The summed E-state index contributed by atoms with van der Waals surface area (Å²) in [6, 6.07) is 7.61. The van der Waals surface area contributed by atoms with E-state index in [0.29, 0.717) is 26.2 Å². The van der Waals surface area contributed by atoms with E-state index in [1.165, 1.54) is 23.8 Å². The minimum Gasteiger partial charge on any atom is -0.338 e. The number of fused-ring (bicyclic) bond motifs is 1. The Morgan fingerprint density at radius 1 is 1.00 bits per heavy atom. The van der Waals surface area contributed by atoms with Crippen molar-refractivity contribution in [3.05, 3.63) is 34.7 Å². The number of H-pyrrole nitrogens is 1. The van der Waals surface area contributed by atoms with Crippen molar-refractivity contribution >= 4 is 23.0 Å². The summed E-state index contributed by atoms with van der Waals surface area (Å²) in [7, 11) is 0. The Balaban J connectivity index is 1.32. The smallest absolute Gasteiger partial charge is 0.326 e. The average molecular weight is 385 g/mol. The van der Waals surface area contributed by atoms with Crippen LogP contribution in [0.15, 0.2) is 29.1 Å². The number of hydrogen-bond donors (Lipinski definition) is 2. The highest BCUT2D eigenvalue weighted by Gasteiger charge is 2.26. The molecular weight excluding hydrogens is 358 g/mol. The average Bonchev–Trinajstić information content (AvgIpc) is 3.04. The molecule has 4 rings (SSSR count). The van der Waals surface area contributed by atoms with Crippen LogP contribution in [-0.4, -0.2) is 63.5 Å². The van der Waals surface area contributed by atoms with E-state index in [0.717, 1.165) is 23.9 Å². The molecule has 2 N–H and O–H groups in total. The molecule has 1 saturated heterocycles. The fourth-order valence-corrected chi connectivity index (χ4v) is 4.17. The van der Waals surface area contributed by atoms with Crippen molar-refractivity contribution in [1.82, 2.24) is 24.7 Å². The van der Waals surface area contributed by atoms with Crippen LogP contribution in [0, 0.1) is 0 Å². The van der Waals surface area contributed by atoms with E-state index in [2.05, 4.69) is 10.3 Å². The fourth-order valence-electron chi connectivity index (χ4n) is 4.17. The van der Waals surface area contributed by atoms with Crippen molar-refractivity contribution in [1.29, 1.82) is 0 Å². The van der Waals surface area contributed by atoms with Gasteiger partial charge in [-0.1, -0.05) is 31.4 Å². The Labute approximate surface area is 163 Å². The summed E-state index contributed by atoms with van der Waals surface area (Å²) in [4.78, 5) is 43.6. The summed E-state index contributed by atoms with van der Waals surface area (Å²) >= 11 is 0. The number of carbonyl (C=O) groups is 2. The topological polar surface area (TPSA) is 90.4 Å². The monoisotopic (exact) mass is 385 g/mol. The Hall–Kier alpha value is -2.77. The zero-order chi connectivity index (χ0) is 19.5. The third-order valence-corrected chi connectivity index (χ3v) is 5.83. The highest BCUT2D eigenvalue weighted by Crippen LogP contribution is 2.18. The molecule has 2 aromatic rings. The van der Waals surface area contributed by atoms with E-state index in [1.54, 1.807) is 9.80 Å². The number of urea groups is 1. The fraction of sp³-hybridized carbons (Fsp3) is 0.550. The normalized spacial score (nSPS) is 18.4. The number of hydrogen-bond acceptors (Lipinski definition) is 3. The second kappa shape index (κ2) is 8.08. The van der Waals surface area contributed by atoms with E-state index < -0.39 is 0 Å². The van der Waals surface area contributed by atoms with E-state index >= 15 is 0 Å². The quantitative estimate of drug-likeness (QED) is 0.839. The number of aromatic nitrogens is 2. The molecule has 8 heteroatoms. The van der Waals surface area contributed by atoms with E-state index in [4.69, 9.17) is 0 Å². The molecule has 1 aromatic carbocycles. The van der Waals surface area contributed by atoms with Crippen molar-refractivity contribution in [2.24, 2.45) is 0 Å². The van der Waals surface area contributed by atoms with Crippen molar-refractivity contribution in [2.45, 2.75) is 44.7 Å². The van der Waals surface area contributed by atoms with Gasteiger partial charge in [-0.05, 0) is 25.0 Å². The lowest BCUT2D eigenvalue weighted by atomic mass is 9.96. The van der Waals surface area contributed by atoms with Crippen LogP contribution >= 0.6 is 0 Å². The van der Waals surface area contributed by atoms with Crippen LogP contribution < -0.4 is 11.0 Å². The number of rotatable bonds is 3. The van der Waals surface area contributed by atoms with Gasteiger partial charge < -0.3 is 20.1 Å². The number of imidazole rings is 1. The lowest BCUT2D eigenvalue weighted by molar-refractivity contribution is -0.133. The zero-order valence-electron chi connectivity index (χ0n) is 16.0. The van der Waals surface area contributed by atoms with Gasteiger partial charge in [0.25, 0.3) is 0 Å². The summed E-state index contributed by atoms with van der Waals surface area (Å²) in [5, 5.41) is 3.13. The van der Waals surface area contributed by atoms with Crippen molar-refractivity contribution in [3.8, 4) is 0 Å². The molecule has 28 heavy (non-hydrogen) atoms. The molecule has 2 fully saturated rings. The predicted octanol–water partition coefficient (Wildman–Crippen LogP) is 1.52. The molecule has 0 radical (unpaired) electrons. The number of benzene rings is 1. The first kappa shape index (κ1) is 18.6. The maximum atomic E-state index is 12.7. The lowest BCUT2D eigenvalue weighted by Crippen LogP contribution is -2.55. The Morgan fingerprint density at radius 3 is 2.43 bits per heavy atom. The van der Waals surface area contributed by atoms with Crippen molar-refractivity contribution < 1.29 is 9.59 Å². The second-order valence-corrected chi connectivity index (χ2v) is 7.69. The molecule has 0 bridgehead atoms. The number of para-hydroxylation sites is 2. The summed E-state index contributed by atoms with van der Waals surface area (Å²) in [5.41, 5.74) is 1.18. The Kier molecular flexibility index (Phi) is 5.36. The first-order valence-corrected chi connectivity index (χ1v) is 10.1. The van der Waals surface area contributed by atoms with E-state index in [1.807, 2.05) is 24.3 Å². The van der Waals surface area contributed by atoms with Gasteiger partial charge in [0.1, 0.15) is 6.54 Å². The molecule has 150 valence electrons. The summed E-state index contributed by atoms with van der Waals surface area (Å²) in [6.07, 6.45) is 5.74. The van der Waals surface area contributed by atoms with Crippen LogP contribution in [0.5, 0.6) is 0 Å². The predicted molar refractivity (Wildman–Crippen MR) is 106 cm³/mol. The zero-order valence-corrected chi connectivity index (χ0v) is 16.0. The summed E-state index contributed by atoms with van der Waals surface area (Å²) in [6.45, 7) is 2.04. The minimum atomic E-state index is -0.278. The number of carbonyl (C=O) groups excluding carboxylic acids is 2. The molecule has 0 atom stereocenters. The van der Waals surface area contributed by atoms with Gasteiger partial charge in [-0.25, -0.2) is 9.59 Å². The number of nitrogens with zero attached hydrogens (tertiary/aromatic N) is 3. The van der Waals surface area contributed by atoms with Gasteiger partial charge in [0, 0.05) is 32.2 Å².